The van der Waals surface area contributed by atoms with E-state index in [9.17, 15) is 0 Å². The predicted octanol–water partition coefficient (Wildman–Crippen LogP) is 0.960. The standard InChI is InChI=1S/C9H15N3/c1-3-8-7-4-5-12(2)6-9(7)11-10-8/h3-6H2,1-2H3,(H,10,11). The number of hydrogen-bond donors (Lipinski definition) is 1. The van der Waals surface area contributed by atoms with Gasteiger partial charge in [0.2, 0.25) is 0 Å². The quantitative estimate of drug-likeness (QED) is 0.672. The lowest BCUT2D eigenvalue weighted by molar-refractivity contribution is 0.308. The number of nitrogens with zero attached hydrogens (tertiary/aromatic N) is 2. The van der Waals surface area contributed by atoms with Crippen LogP contribution in [0.15, 0.2) is 0 Å². The molecule has 1 aromatic rings. The van der Waals surface area contributed by atoms with Crippen LogP contribution in [0.3, 0.4) is 0 Å². The molecule has 66 valence electrons. The Morgan fingerprint density at radius 2 is 2.42 bits per heavy atom. The summed E-state index contributed by atoms with van der Waals surface area (Å²) in [4.78, 5) is 2.32. The van der Waals surface area contributed by atoms with E-state index in [4.69, 9.17) is 0 Å². The van der Waals surface area contributed by atoms with Crippen molar-refractivity contribution in [2.45, 2.75) is 26.3 Å². The van der Waals surface area contributed by atoms with Gasteiger partial charge in [0.05, 0.1) is 11.4 Å². The fourth-order valence-electron chi connectivity index (χ4n) is 1.81. The molecule has 3 nitrogen and oxygen atoms in total. The minimum atomic E-state index is 1.03. The van der Waals surface area contributed by atoms with E-state index >= 15 is 0 Å². The van der Waals surface area contributed by atoms with Gasteiger partial charge in [0.1, 0.15) is 0 Å². The number of likely N-dealkylation sites (N-methyl/N-ethyl adjacent to an activating group) is 1. The van der Waals surface area contributed by atoms with Gasteiger partial charge in [-0.05, 0) is 25.5 Å². The first kappa shape index (κ1) is 7.80. The molecule has 0 fully saturated rings. The van der Waals surface area contributed by atoms with Gasteiger partial charge in [0.15, 0.2) is 0 Å². The summed E-state index contributed by atoms with van der Waals surface area (Å²) in [7, 11) is 2.15. The van der Waals surface area contributed by atoms with Crippen LogP contribution in [0.4, 0.5) is 0 Å². The molecule has 0 unspecified atom stereocenters. The zero-order chi connectivity index (χ0) is 8.55. The first-order chi connectivity index (χ1) is 5.81. The van der Waals surface area contributed by atoms with E-state index in [2.05, 4.69) is 29.1 Å². The monoisotopic (exact) mass is 165 g/mol. The maximum atomic E-state index is 4.30. The molecule has 1 N–H and O–H groups in total. The Balaban J connectivity index is 2.32. The molecule has 12 heavy (non-hydrogen) atoms. The SMILES string of the molecule is CCc1n[nH]c2c1CCN(C)C2. The van der Waals surface area contributed by atoms with Gasteiger partial charge in [-0.3, -0.25) is 5.10 Å². The van der Waals surface area contributed by atoms with Gasteiger partial charge in [0.25, 0.3) is 0 Å². The van der Waals surface area contributed by atoms with Crippen LogP contribution in [0.5, 0.6) is 0 Å². The lowest BCUT2D eigenvalue weighted by atomic mass is 10.0. The Bertz CT molecular complexity index is 277. The van der Waals surface area contributed by atoms with Crippen molar-refractivity contribution >= 4 is 0 Å². The van der Waals surface area contributed by atoms with E-state index in [0.29, 0.717) is 0 Å². The number of aryl methyl sites for hydroxylation is 1. The van der Waals surface area contributed by atoms with Gasteiger partial charge >= 0.3 is 0 Å². The summed E-state index contributed by atoms with van der Waals surface area (Å²) in [6, 6.07) is 0. The Hall–Kier alpha value is -0.830. The fourth-order valence-corrected chi connectivity index (χ4v) is 1.81. The van der Waals surface area contributed by atoms with Gasteiger partial charge in [-0.2, -0.15) is 5.10 Å². The molecule has 0 bridgehead atoms. The molecule has 2 rings (SSSR count). The molecule has 0 radical (unpaired) electrons. The van der Waals surface area contributed by atoms with Crippen molar-refractivity contribution in [1.29, 1.82) is 0 Å². The van der Waals surface area contributed by atoms with Crippen molar-refractivity contribution in [1.82, 2.24) is 15.1 Å². The molecule has 2 heterocycles. The van der Waals surface area contributed by atoms with Crippen LogP contribution in [0.1, 0.15) is 23.9 Å². The first-order valence-electron chi connectivity index (χ1n) is 4.54. The summed E-state index contributed by atoms with van der Waals surface area (Å²) in [5.41, 5.74) is 4.05. The zero-order valence-corrected chi connectivity index (χ0v) is 7.72. The molecule has 0 aromatic carbocycles. The second-order valence-electron chi connectivity index (χ2n) is 3.47. The van der Waals surface area contributed by atoms with Crippen molar-refractivity contribution in [3.63, 3.8) is 0 Å². The largest absolute Gasteiger partial charge is 0.300 e. The van der Waals surface area contributed by atoms with E-state index in [1.165, 1.54) is 23.5 Å². The number of rotatable bonds is 1. The van der Waals surface area contributed by atoms with Crippen molar-refractivity contribution in [2.24, 2.45) is 0 Å². The van der Waals surface area contributed by atoms with Crippen molar-refractivity contribution < 1.29 is 0 Å². The maximum absolute atomic E-state index is 4.30. The molecule has 1 aliphatic rings. The third kappa shape index (κ3) is 1.14. The second kappa shape index (κ2) is 2.90. The lowest BCUT2D eigenvalue weighted by Crippen LogP contribution is -2.26. The molecule has 3 heteroatoms. The van der Waals surface area contributed by atoms with Crippen LogP contribution in [0.2, 0.25) is 0 Å². The summed E-state index contributed by atoms with van der Waals surface area (Å²) in [6.07, 6.45) is 2.21. The van der Waals surface area contributed by atoms with Gasteiger partial charge in [-0.15, -0.1) is 0 Å². The van der Waals surface area contributed by atoms with Gasteiger partial charge < -0.3 is 4.90 Å². The van der Waals surface area contributed by atoms with Gasteiger partial charge in [0, 0.05) is 13.1 Å². The van der Waals surface area contributed by atoms with Gasteiger partial charge in [-0.1, -0.05) is 6.92 Å². The highest BCUT2D eigenvalue weighted by molar-refractivity contribution is 5.27. The summed E-state index contributed by atoms with van der Waals surface area (Å²) in [5, 5.41) is 7.41. The van der Waals surface area contributed by atoms with Crippen molar-refractivity contribution in [3.8, 4) is 0 Å². The van der Waals surface area contributed by atoms with Crippen LogP contribution < -0.4 is 0 Å². The molecule has 1 aliphatic heterocycles. The Kier molecular flexibility index (Phi) is 1.89. The molecular formula is C9H15N3. The number of H-pyrrole nitrogens is 1. The van der Waals surface area contributed by atoms with Gasteiger partial charge in [-0.25, -0.2) is 0 Å². The minimum Gasteiger partial charge on any atom is -0.300 e. The predicted molar refractivity (Wildman–Crippen MR) is 48.0 cm³/mol. The van der Waals surface area contributed by atoms with Crippen molar-refractivity contribution in [3.05, 3.63) is 17.0 Å². The summed E-state index contributed by atoms with van der Waals surface area (Å²) < 4.78 is 0. The average Bonchev–Trinajstić information content (AvgIpc) is 2.46. The van der Waals surface area contributed by atoms with Crippen LogP contribution in [0.25, 0.3) is 0 Å². The fraction of sp³-hybridized carbons (Fsp3) is 0.667. The highest BCUT2D eigenvalue weighted by atomic mass is 15.2. The topological polar surface area (TPSA) is 31.9 Å². The Labute approximate surface area is 72.8 Å². The smallest absolute Gasteiger partial charge is 0.0655 e. The van der Waals surface area contributed by atoms with Crippen LogP contribution >= 0.6 is 0 Å². The molecule has 0 amide bonds. The van der Waals surface area contributed by atoms with E-state index in [-0.39, 0.29) is 0 Å². The maximum Gasteiger partial charge on any atom is 0.0655 e. The normalized spacial score (nSPS) is 17.8. The number of hydrogen-bond acceptors (Lipinski definition) is 2. The molecule has 0 spiro atoms. The summed E-state index contributed by atoms with van der Waals surface area (Å²) in [6.45, 7) is 4.36. The third-order valence-corrected chi connectivity index (χ3v) is 2.54. The highest BCUT2D eigenvalue weighted by Crippen LogP contribution is 2.18. The highest BCUT2D eigenvalue weighted by Gasteiger charge is 2.17. The van der Waals surface area contributed by atoms with Crippen LogP contribution in [-0.4, -0.2) is 28.7 Å². The Morgan fingerprint density at radius 1 is 1.58 bits per heavy atom. The molecule has 1 aromatic heterocycles. The molecule has 0 atom stereocenters. The van der Waals surface area contributed by atoms with E-state index in [0.717, 1.165) is 19.4 Å². The summed E-state index contributed by atoms with van der Waals surface area (Å²) >= 11 is 0. The third-order valence-electron chi connectivity index (χ3n) is 2.54. The molecule has 0 aliphatic carbocycles. The van der Waals surface area contributed by atoms with Crippen molar-refractivity contribution in [2.75, 3.05) is 13.6 Å². The van der Waals surface area contributed by atoms with E-state index in [1.54, 1.807) is 0 Å². The number of fused-ring (bicyclic) bond motifs is 1. The zero-order valence-electron chi connectivity index (χ0n) is 7.72. The molecule has 0 saturated carbocycles. The molecule has 0 saturated heterocycles. The average molecular weight is 165 g/mol. The first-order valence-corrected chi connectivity index (χ1v) is 4.54. The number of nitrogens with one attached hydrogen (secondary N) is 1. The van der Waals surface area contributed by atoms with Crippen LogP contribution in [-0.2, 0) is 19.4 Å². The second-order valence-corrected chi connectivity index (χ2v) is 3.47. The summed E-state index contributed by atoms with van der Waals surface area (Å²) in [5.74, 6) is 0. The minimum absolute atomic E-state index is 1.03. The Morgan fingerprint density at radius 3 is 3.17 bits per heavy atom. The number of aromatic amines is 1. The van der Waals surface area contributed by atoms with Crippen LogP contribution in [0, 0.1) is 0 Å². The van der Waals surface area contributed by atoms with E-state index < -0.39 is 0 Å². The lowest BCUT2D eigenvalue weighted by Gasteiger charge is -2.21. The number of aromatic nitrogens is 2. The van der Waals surface area contributed by atoms with E-state index in [1.807, 2.05) is 0 Å². The molecular weight excluding hydrogens is 150 g/mol.